The standard InChI is InChI=1S/C12H12Cl2N4/c1-7-16-11(15-2)6-12(17-7)18-10-4-3-8(13)5-9(10)14/h3-6H,1-2H3,(H2,15,16,17,18). The Balaban J connectivity index is 2.30. The van der Waals surface area contributed by atoms with E-state index >= 15 is 0 Å². The molecule has 2 aromatic rings. The fourth-order valence-electron chi connectivity index (χ4n) is 1.49. The van der Waals surface area contributed by atoms with Crippen molar-refractivity contribution in [3.05, 3.63) is 40.1 Å². The number of aromatic nitrogens is 2. The van der Waals surface area contributed by atoms with Crippen molar-refractivity contribution in [3.63, 3.8) is 0 Å². The molecule has 0 spiro atoms. The Morgan fingerprint density at radius 3 is 2.44 bits per heavy atom. The minimum Gasteiger partial charge on any atom is -0.373 e. The summed E-state index contributed by atoms with van der Waals surface area (Å²) in [5.74, 6) is 2.10. The van der Waals surface area contributed by atoms with Crippen molar-refractivity contribution in [2.45, 2.75) is 6.92 Å². The highest BCUT2D eigenvalue weighted by Crippen LogP contribution is 2.28. The van der Waals surface area contributed by atoms with E-state index in [9.17, 15) is 0 Å². The summed E-state index contributed by atoms with van der Waals surface area (Å²) in [6.07, 6.45) is 0. The molecule has 0 unspecified atom stereocenters. The van der Waals surface area contributed by atoms with Gasteiger partial charge in [-0.15, -0.1) is 0 Å². The number of aryl methyl sites for hydroxylation is 1. The number of nitrogens with zero attached hydrogens (tertiary/aromatic N) is 2. The van der Waals surface area contributed by atoms with Crippen molar-refractivity contribution in [2.75, 3.05) is 17.7 Å². The minimum absolute atomic E-state index is 0.546. The fourth-order valence-corrected chi connectivity index (χ4v) is 1.94. The Hall–Kier alpha value is -1.52. The van der Waals surface area contributed by atoms with E-state index in [2.05, 4.69) is 20.6 Å². The molecule has 2 rings (SSSR count). The largest absolute Gasteiger partial charge is 0.373 e. The highest BCUT2D eigenvalue weighted by molar-refractivity contribution is 6.36. The van der Waals surface area contributed by atoms with E-state index in [4.69, 9.17) is 23.2 Å². The Labute approximate surface area is 115 Å². The van der Waals surface area contributed by atoms with E-state index < -0.39 is 0 Å². The third-order valence-electron chi connectivity index (χ3n) is 2.29. The van der Waals surface area contributed by atoms with Crippen LogP contribution in [0.1, 0.15) is 5.82 Å². The topological polar surface area (TPSA) is 49.8 Å². The number of nitrogens with one attached hydrogen (secondary N) is 2. The van der Waals surface area contributed by atoms with Crippen LogP contribution in [0.4, 0.5) is 17.3 Å². The lowest BCUT2D eigenvalue weighted by Gasteiger charge is -2.09. The molecule has 0 amide bonds. The van der Waals surface area contributed by atoms with Gasteiger partial charge in [-0.1, -0.05) is 23.2 Å². The second-order valence-electron chi connectivity index (χ2n) is 3.68. The van der Waals surface area contributed by atoms with Crippen LogP contribution in [0.15, 0.2) is 24.3 Å². The first-order chi connectivity index (χ1) is 8.58. The molecule has 18 heavy (non-hydrogen) atoms. The number of anilines is 3. The molecule has 6 heteroatoms. The van der Waals surface area contributed by atoms with Crippen LogP contribution >= 0.6 is 23.2 Å². The van der Waals surface area contributed by atoms with Crippen molar-refractivity contribution in [2.24, 2.45) is 0 Å². The SMILES string of the molecule is CNc1cc(Nc2ccc(Cl)cc2Cl)nc(C)n1. The molecule has 1 aromatic carbocycles. The maximum absolute atomic E-state index is 6.09. The van der Waals surface area contributed by atoms with Gasteiger partial charge in [-0.3, -0.25) is 0 Å². The van der Waals surface area contributed by atoms with Gasteiger partial charge in [0.05, 0.1) is 10.7 Å². The van der Waals surface area contributed by atoms with Crippen molar-refractivity contribution in [1.29, 1.82) is 0 Å². The molecule has 0 atom stereocenters. The molecule has 0 aliphatic heterocycles. The number of hydrogen-bond donors (Lipinski definition) is 2. The van der Waals surface area contributed by atoms with Gasteiger partial charge in [0, 0.05) is 18.1 Å². The molecule has 1 aromatic heterocycles. The Morgan fingerprint density at radius 1 is 1.06 bits per heavy atom. The maximum Gasteiger partial charge on any atom is 0.136 e. The molecule has 4 nitrogen and oxygen atoms in total. The summed E-state index contributed by atoms with van der Waals surface area (Å²) < 4.78 is 0. The first-order valence-corrected chi connectivity index (χ1v) is 6.09. The molecule has 0 radical (unpaired) electrons. The molecule has 2 N–H and O–H groups in total. The molecular weight excluding hydrogens is 271 g/mol. The molecule has 0 fully saturated rings. The third kappa shape index (κ3) is 3.03. The zero-order valence-corrected chi connectivity index (χ0v) is 11.5. The fraction of sp³-hybridized carbons (Fsp3) is 0.167. The van der Waals surface area contributed by atoms with Crippen LogP contribution < -0.4 is 10.6 Å². The molecule has 0 saturated carbocycles. The summed E-state index contributed by atoms with van der Waals surface area (Å²) in [5, 5.41) is 7.25. The van der Waals surface area contributed by atoms with Crippen LogP contribution in [-0.2, 0) is 0 Å². The molecule has 0 aliphatic carbocycles. The zero-order valence-electron chi connectivity index (χ0n) is 9.96. The smallest absolute Gasteiger partial charge is 0.136 e. The normalized spacial score (nSPS) is 10.2. The second-order valence-corrected chi connectivity index (χ2v) is 4.53. The Kier molecular flexibility index (Phi) is 3.89. The maximum atomic E-state index is 6.09. The van der Waals surface area contributed by atoms with Crippen LogP contribution in [0.5, 0.6) is 0 Å². The predicted octanol–water partition coefficient (Wildman–Crippen LogP) is 3.88. The van der Waals surface area contributed by atoms with Crippen molar-refractivity contribution in [1.82, 2.24) is 9.97 Å². The van der Waals surface area contributed by atoms with Gasteiger partial charge in [-0.2, -0.15) is 0 Å². The van der Waals surface area contributed by atoms with Gasteiger partial charge >= 0.3 is 0 Å². The molecule has 0 bridgehead atoms. The van der Waals surface area contributed by atoms with Crippen molar-refractivity contribution >= 4 is 40.5 Å². The third-order valence-corrected chi connectivity index (χ3v) is 2.84. The van der Waals surface area contributed by atoms with E-state index in [0.29, 0.717) is 21.7 Å². The van der Waals surface area contributed by atoms with Gasteiger partial charge in [0.25, 0.3) is 0 Å². The Bertz CT molecular complexity index is 572. The molecule has 0 aliphatic rings. The average molecular weight is 283 g/mol. The first-order valence-electron chi connectivity index (χ1n) is 5.34. The van der Waals surface area contributed by atoms with E-state index in [0.717, 1.165) is 11.5 Å². The lowest BCUT2D eigenvalue weighted by atomic mass is 10.3. The van der Waals surface area contributed by atoms with Crippen molar-refractivity contribution < 1.29 is 0 Å². The first kappa shape index (κ1) is 12.9. The van der Waals surface area contributed by atoms with E-state index in [1.807, 2.05) is 6.92 Å². The summed E-state index contributed by atoms with van der Waals surface area (Å²) in [7, 11) is 1.81. The summed E-state index contributed by atoms with van der Waals surface area (Å²) in [4.78, 5) is 8.50. The van der Waals surface area contributed by atoms with Crippen LogP contribution in [0.3, 0.4) is 0 Å². The molecule has 1 heterocycles. The number of hydrogen-bond acceptors (Lipinski definition) is 4. The average Bonchev–Trinajstić information content (AvgIpc) is 2.32. The highest BCUT2D eigenvalue weighted by atomic mass is 35.5. The van der Waals surface area contributed by atoms with Crippen molar-refractivity contribution in [3.8, 4) is 0 Å². The molecule has 94 valence electrons. The lowest BCUT2D eigenvalue weighted by molar-refractivity contribution is 1.06. The van der Waals surface area contributed by atoms with Gasteiger partial charge in [-0.25, -0.2) is 9.97 Å². The van der Waals surface area contributed by atoms with Gasteiger partial charge in [0.2, 0.25) is 0 Å². The molecule has 0 saturated heterocycles. The summed E-state index contributed by atoms with van der Waals surface area (Å²) >= 11 is 11.9. The molecular formula is C12H12Cl2N4. The summed E-state index contributed by atoms with van der Waals surface area (Å²) in [6.45, 7) is 1.83. The highest BCUT2D eigenvalue weighted by Gasteiger charge is 2.04. The monoisotopic (exact) mass is 282 g/mol. The quantitative estimate of drug-likeness (QED) is 0.897. The van der Waals surface area contributed by atoms with E-state index in [1.165, 1.54) is 0 Å². The number of rotatable bonds is 3. The van der Waals surface area contributed by atoms with Crippen LogP contribution in [0.2, 0.25) is 10.0 Å². The van der Waals surface area contributed by atoms with Gasteiger partial charge in [0.1, 0.15) is 17.5 Å². The van der Waals surface area contributed by atoms with Gasteiger partial charge in [0.15, 0.2) is 0 Å². The van der Waals surface area contributed by atoms with Crippen LogP contribution in [0.25, 0.3) is 0 Å². The van der Waals surface area contributed by atoms with Crippen LogP contribution in [0, 0.1) is 6.92 Å². The number of halogens is 2. The van der Waals surface area contributed by atoms with Crippen LogP contribution in [-0.4, -0.2) is 17.0 Å². The second kappa shape index (κ2) is 5.42. The van der Waals surface area contributed by atoms with E-state index in [1.54, 1.807) is 31.3 Å². The van der Waals surface area contributed by atoms with Gasteiger partial charge in [-0.05, 0) is 25.1 Å². The minimum atomic E-state index is 0.546. The Morgan fingerprint density at radius 2 is 1.78 bits per heavy atom. The predicted molar refractivity (Wildman–Crippen MR) is 76.1 cm³/mol. The summed E-state index contributed by atoms with van der Waals surface area (Å²) in [5.41, 5.74) is 0.751. The lowest BCUT2D eigenvalue weighted by Crippen LogP contribution is -2.01. The van der Waals surface area contributed by atoms with Gasteiger partial charge < -0.3 is 10.6 Å². The van der Waals surface area contributed by atoms with E-state index in [-0.39, 0.29) is 0 Å². The number of benzene rings is 1. The summed E-state index contributed by atoms with van der Waals surface area (Å²) in [6, 6.07) is 7.06. The zero-order chi connectivity index (χ0) is 13.1.